The number of likely N-dealkylation sites (tertiary alicyclic amines) is 1. The fourth-order valence-electron chi connectivity index (χ4n) is 4.40. The predicted molar refractivity (Wildman–Crippen MR) is 103 cm³/mol. The first-order valence-corrected chi connectivity index (χ1v) is 9.42. The van der Waals surface area contributed by atoms with Gasteiger partial charge in [-0.15, -0.1) is 0 Å². The van der Waals surface area contributed by atoms with E-state index in [0.717, 1.165) is 16.7 Å². The third kappa shape index (κ3) is 3.05. The minimum Gasteiger partial charge on any atom is -0.478 e. The van der Waals surface area contributed by atoms with Crippen LogP contribution in [0.1, 0.15) is 50.2 Å². The number of hydrogen-bond donors (Lipinski definition) is 2. The topological polar surface area (TPSA) is 86.7 Å². The zero-order valence-electron chi connectivity index (χ0n) is 15.7. The lowest BCUT2D eigenvalue weighted by Crippen LogP contribution is -2.56. The summed E-state index contributed by atoms with van der Waals surface area (Å²) in [6.07, 6.45) is 1.60. The number of carbonyl (C=O) groups excluding carboxylic acids is 2. The van der Waals surface area contributed by atoms with Crippen molar-refractivity contribution in [3.63, 3.8) is 0 Å². The number of carboxylic acid groups (broad SMARTS) is 1. The summed E-state index contributed by atoms with van der Waals surface area (Å²) in [5.41, 5.74) is 3.08. The fourth-order valence-corrected chi connectivity index (χ4v) is 4.40. The Balaban J connectivity index is 1.58. The number of piperidine rings is 1. The zero-order chi connectivity index (χ0) is 19.9. The Morgan fingerprint density at radius 2 is 1.75 bits per heavy atom. The average molecular weight is 378 g/mol. The number of aryl methyl sites for hydroxylation is 1. The fraction of sp³-hybridized carbons (Fsp3) is 0.318. The molecule has 1 saturated heterocycles. The number of nitrogens with one attached hydrogen (secondary N) is 1. The van der Waals surface area contributed by atoms with Gasteiger partial charge in [0.05, 0.1) is 23.1 Å². The summed E-state index contributed by atoms with van der Waals surface area (Å²) in [7, 11) is 0. The summed E-state index contributed by atoms with van der Waals surface area (Å²) in [6, 6.07) is 12.5. The number of aromatic carboxylic acids is 1. The Hall–Kier alpha value is -3.15. The van der Waals surface area contributed by atoms with Crippen LogP contribution in [0.25, 0.3) is 0 Å². The molecule has 6 heteroatoms. The molecule has 0 unspecified atom stereocenters. The van der Waals surface area contributed by atoms with E-state index in [1.54, 1.807) is 23.1 Å². The van der Waals surface area contributed by atoms with Crippen LogP contribution in [-0.4, -0.2) is 40.9 Å². The molecule has 2 amide bonds. The van der Waals surface area contributed by atoms with E-state index in [9.17, 15) is 19.5 Å². The minimum absolute atomic E-state index is 0.00843. The molecule has 2 aliphatic heterocycles. The van der Waals surface area contributed by atoms with Crippen LogP contribution >= 0.6 is 0 Å². The summed E-state index contributed by atoms with van der Waals surface area (Å²) in [4.78, 5) is 38.4. The maximum atomic E-state index is 12.9. The molecule has 28 heavy (non-hydrogen) atoms. The molecule has 144 valence electrons. The van der Waals surface area contributed by atoms with E-state index in [2.05, 4.69) is 23.5 Å². The smallest absolute Gasteiger partial charge is 0.336 e. The molecule has 1 spiro atoms. The second kappa shape index (κ2) is 6.78. The zero-order valence-corrected chi connectivity index (χ0v) is 15.7. The molecule has 0 aromatic heterocycles. The number of amides is 2. The van der Waals surface area contributed by atoms with E-state index in [-0.39, 0.29) is 22.9 Å². The van der Waals surface area contributed by atoms with E-state index < -0.39 is 11.5 Å². The highest BCUT2D eigenvalue weighted by Crippen LogP contribution is 2.38. The molecule has 0 bridgehead atoms. The Morgan fingerprint density at radius 3 is 2.43 bits per heavy atom. The largest absolute Gasteiger partial charge is 0.478 e. The van der Waals surface area contributed by atoms with Crippen molar-refractivity contribution >= 4 is 17.8 Å². The Bertz CT molecular complexity index is 974. The minimum atomic E-state index is -1.11. The molecule has 2 aromatic rings. The monoisotopic (exact) mass is 378 g/mol. The molecule has 4 rings (SSSR count). The molecule has 2 N–H and O–H groups in total. The summed E-state index contributed by atoms with van der Waals surface area (Å²) >= 11 is 0. The van der Waals surface area contributed by atoms with Crippen LogP contribution in [0.2, 0.25) is 0 Å². The van der Waals surface area contributed by atoms with Gasteiger partial charge >= 0.3 is 5.97 Å². The van der Waals surface area contributed by atoms with Crippen molar-refractivity contribution in [1.82, 2.24) is 10.2 Å². The van der Waals surface area contributed by atoms with Gasteiger partial charge in [0.1, 0.15) is 0 Å². The van der Waals surface area contributed by atoms with Crippen molar-refractivity contribution in [2.75, 3.05) is 13.1 Å². The number of carboxylic acids is 1. The summed E-state index contributed by atoms with van der Waals surface area (Å²) < 4.78 is 0. The van der Waals surface area contributed by atoms with E-state index >= 15 is 0 Å². The van der Waals surface area contributed by atoms with Crippen LogP contribution < -0.4 is 5.32 Å². The van der Waals surface area contributed by atoms with Gasteiger partial charge in [0, 0.05) is 13.1 Å². The number of fused-ring (bicyclic) bond motifs is 2. The van der Waals surface area contributed by atoms with E-state index in [1.165, 1.54) is 6.07 Å². The van der Waals surface area contributed by atoms with E-state index in [4.69, 9.17) is 0 Å². The van der Waals surface area contributed by atoms with Gasteiger partial charge < -0.3 is 15.3 Å². The average Bonchev–Trinajstić information content (AvgIpc) is 2.67. The van der Waals surface area contributed by atoms with Gasteiger partial charge in [-0.05, 0) is 43.0 Å². The normalized spacial score (nSPS) is 17.8. The predicted octanol–water partition coefficient (Wildman–Crippen LogP) is 2.50. The molecular formula is C22H22N2O4. The summed E-state index contributed by atoms with van der Waals surface area (Å²) in [5.74, 6) is -1.38. The maximum Gasteiger partial charge on any atom is 0.336 e. The van der Waals surface area contributed by atoms with Crippen molar-refractivity contribution in [2.45, 2.75) is 31.7 Å². The molecule has 0 radical (unpaired) electrons. The molecule has 0 atom stereocenters. The number of nitrogens with zero attached hydrogens (tertiary/aromatic N) is 1. The quantitative estimate of drug-likeness (QED) is 0.841. The summed E-state index contributed by atoms with van der Waals surface area (Å²) in [6.45, 7) is 2.93. The third-order valence-corrected chi connectivity index (χ3v) is 5.80. The highest BCUT2D eigenvalue weighted by Gasteiger charge is 2.42. The van der Waals surface area contributed by atoms with Crippen LogP contribution in [0.3, 0.4) is 0 Å². The Labute approximate surface area is 163 Å². The Morgan fingerprint density at radius 1 is 1.07 bits per heavy atom. The number of hydrogen-bond acceptors (Lipinski definition) is 3. The first-order chi connectivity index (χ1) is 13.4. The van der Waals surface area contributed by atoms with Crippen molar-refractivity contribution in [3.05, 3.63) is 70.3 Å². The molecule has 0 saturated carbocycles. The molecule has 1 fully saturated rings. The third-order valence-electron chi connectivity index (χ3n) is 5.80. The lowest BCUT2D eigenvalue weighted by molar-refractivity contribution is -0.124. The second-order valence-electron chi connectivity index (χ2n) is 7.61. The number of carbonyl (C=O) groups is 3. The SMILES string of the molecule is Cc1ccc2c(c1)CC(=O)NC21CCN(C(=O)c2ccccc2C(=O)O)CC1. The van der Waals surface area contributed by atoms with Gasteiger partial charge in [-0.25, -0.2) is 4.79 Å². The van der Waals surface area contributed by atoms with Gasteiger partial charge in [-0.3, -0.25) is 9.59 Å². The van der Waals surface area contributed by atoms with Crippen LogP contribution in [0.4, 0.5) is 0 Å². The van der Waals surface area contributed by atoms with Crippen molar-refractivity contribution in [3.8, 4) is 0 Å². The van der Waals surface area contributed by atoms with Crippen molar-refractivity contribution in [2.24, 2.45) is 0 Å². The van der Waals surface area contributed by atoms with E-state index in [1.807, 2.05) is 6.92 Å². The lowest BCUT2D eigenvalue weighted by Gasteiger charge is -2.45. The van der Waals surface area contributed by atoms with Crippen molar-refractivity contribution < 1.29 is 19.5 Å². The standard InChI is InChI=1S/C22H22N2O4/c1-14-6-7-18-15(12-14)13-19(25)23-22(18)8-10-24(11-9-22)20(26)16-4-2-3-5-17(16)21(27)28/h2-7,12H,8-11,13H2,1H3,(H,23,25)(H,27,28). The van der Waals surface area contributed by atoms with Gasteiger partial charge in [0.15, 0.2) is 0 Å². The Kier molecular flexibility index (Phi) is 4.41. The molecule has 2 aromatic carbocycles. The first kappa shape index (κ1) is 18.2. The van der Waals surface area contributed by atoms with Crippen LogP contribution in [-0.2, 0) is 16.8 Å². The van der Waals surface area contributed by atoms with Crippen LogP contribution in [0, 0.1) is 6.92 Å². The number of benzene rings is 2. The van der Waals surface area contributed by atoms with Crippen LogP contribution in [0.5, 0.6) is 0 Å². The van der Waals surface area contributed by atoms with Gasteiger partial charge in [0.25, 0.3) is 5.91 Å². The van der Waals surface area contributed by atoms with Gasteiger partial charge in [0.2, 0.25) is 5.91 Å². The first-order valence-electron chi connectivity index (χ1n) is 9.42. The second-order valence-corrected chi connectivity index (χ2v) is 7.61. The molecular weight excluding hydrogens is 356 g/mol. The highest BCUT2D eigenvalue weighted by molar-refractivity contribution is 6.04. The van der Waals surface area contributed by atoms with Crippen LogP contribution in [0.15, 0.2) is 42.5 Å². The van der Waals surface area contributed by atoms with E-state index in [0.29, 0.717) is 32.4 Å². The molecule has 6 nitrogen and oxygen atoms in total. The number of rotatable bonds is 2. The molecule has 2 heterocycles. The van der Waals surface area contributed by atoms with Gasteiger partial charge in [-0.2, -0.15) is 0 Å². The maximum absolute atomic E-state index is 12.9. The molecule has 2 aliphatic rings. The lowest BCUT2D eigenvalue weighted by atomic mass is 9.75. The van der Waals surface area contributed by atoms with Gasteiger partial charge in [-0.1, -0.05) is 35.9 Å². The highest BCUT2D eigenvalue weighted by atomic mass is 16.4. The van der Waals surface area contributed by atoms with Crippen molar-refractivity contribution in [1.29, 1.82) is 0 Å². The molecule has 0 aliphatic carbocycles. The summed E-state index contributed by atoms with van der Waals surface area (Å²) in [5, 5.41) is 12.5.